The Morgan fingerprint density at radius 1 is 1.20 bits per heavy atom. The molecule has 1 amide bonds. The molecule has 1 aromatic heterocycles. The van der Waals surface area contributed by atoms with Gasteiger partial charge in [0, 0.05) is 31.5 Å². The Bertz CT molecular complexity index is 694. The summed E-state index contributed by atoms with van der Waals surface area (Å²) >= 11 is 0. The largest absolute Gasteiger partial charge is 0.494 e. The fourth-order valence-electron chi connectivity index (χ4n) is 3.04. The van der Waals surface area contributed by atoms with Gasteiger partial charge in [-0.25, -0.2) is 0 Å². The van der Waals surface area contributed by atoms with Crippen LogP contribution in [0.5, 0.6) is 5.75 Å². The summed E-state index contributed by atoms with van der Waals surface area (Å²) in [4.78, 5) is 12.2. The van der Waals surface area contributed by atoms with Crippen LogP contribution in [0, 0.1) is 0 Å². The fourth-order valence-corrected chi connectivity index (χ4v) is 3.04. The van der Waals surface area contributed by atoms with E-state index in [4.69, 9.17) is 4.74 Å². The van der Waals surface area contributed by atoms with Gasteiger partial charge >= 0.3 is 0 Å². The van der Waals surface area contributed by atoms with Gasteiger partial charge in [-0.2, -0.15) is 0 Å². The van der Waals surface area contributed by atoms with Crippen LogP contribution in [-0.2, 0) is 19.4 Å². The molecule has 0 aliphatic carbocycles. The van der Waals surface area contributed by atoms with Gasteiger partial charge in [0.1, 0.15) is 17.4 Å². The predicted octanol–water partition coefficient (Wildman–Crippen LogP) is 2.77. The summed E-state index contributed by atoms with van der Waals surface area (Å²) in [6.45, 7) is 4.31. The van der Waals surface area contributed by atoms with Crippen molar-refractivity contribution >= 4 is 5.91 Å². The Labute approximate surface area is 148 Å². The molecule has 0 radical (unpaired) electrons. The minimum absolute atomic E-state index is 0.0716. The Balaban J connectivity index is 1.50. The Hall–Kier alpha value is -2.37. The molecule has 0 unspecified atom stereocenters. The zero-order chi connectivity index (χ0) is 17.5. The lowest BCUT2D eigenvalue weighted by Gasteiger charge is -2.09. The smallest absolute Gasteiger partial charge is 0.251 e. The van der Waals surface area contributed by atoms with Crippen LogP contribution in [0.15, 0.2) is 24.3 Å². The first-order chi connectivity index (χ1) is 12.3. The third kappa shape index (κ3) is 4.59. The highest BCUT2D eigenvalue weighted by molar-refractivity contribution is 5.94. The van der Waals surface area contributed by atoms with E-state index < -0.39 is 0 Å². The van der Waals surface area contributed by atoms with E-state index in [2.05, 4.69) is 27.0 Å². The van der Waals surface area contributed by atoms with Crippen LogP contribution in [0.25, 0.3) is 0 Å². The highest BCUT2D eigenvalue weighted by Crippen LogP contribution is 2.15. The van der Waals surface area contributed by atoms with Crippen molar-refractivity contribution in [2.45, 2.75) is 52.0 Å². The van der Waals surface area contributed by atoms with Crippen molar-refractivity contribution in [2.24, 2.45) is 0 Å². The molecule has 1 N–H and O–H groups in total. The molecule has 0 spiro atoms. The molecular formula is C19H26N4O2. The summed E-state index contributed by atoms with van der Waals surface area (Å²) in [5.41, 5.74) is 0.643. The third-order valence-electron chi connectivity index (χ3n) is 4.41. The Morgan fingerprint density at radius 2 is 2.04 bits per heavy atom. The number of nitrogens with zero attached hydrogens (tertiary/aromatic N) is 3. The SMILES string of the molecule is CCCOc1ccc(C(=O)NCCc2nnc3n2CCCCC3)cc1. The molecule has 3 rings (SSSR count). The van der Waals surface area contributed by atoms with E-state index in [0.717, 1.165) is 36.8 Å². The van der Waals surface area contributed by atoms with Gasteiger partial charge in [0.25, 0.3) is 5.91 Å². The molecule has 6 nitrogen and oxygen atoms in total. The van der Waals surface area contributed by atoms with Gasteiger partial charge in [0.05, 0.1) is 6.61 Å². The fraction of sp³-hybridized carbons (Fsp3) is 0.526. The maximum atomic E-state index is 12.2. The van der Waals surface area contributed by atoms with Crippen LogP contribution in [0.1, 0.15) is 54.6 Å². The molecule has 134 valence electrons. The molecule has 0 saturated carbocycles. The maximum absolute atomic E-state index is 12.2. The molecule has 2 aromatic rings. The number of carbonyl (C=O) groups is 1. The zero-order valence-electron chi connectivity index (χ0n) is 14.8. The minimum Gasteiger partial charge on any atom is -0.494 e. The van der Waals surface area contributed by atoms with Gasteiger partial charge < -0.3 is 14.6 Å². The van der Waals surface area contributed by atoms with Crippen molar-refractivity contribution in [1.82, 2.24) is 20.1 Å². The topological polar surface area (TPSA) is 69.0 Å². The zero-order valence-corrected chi connectivity index (χ0v) is 14.8. The highest BCUT2D eigenvalue weighted by atomic mass is 16.5. The molecular weight excluding hydrogens is 316 g/mol. The van der Waals surface area contributed by atoms with Crippen molar-refractivity contribution in [2.75, 3.05) is 13.2 Å². The van der Waals surface area contributed by atoms with Crippen LogP contribution < -0.4 is 10.1 Å². The van der Waals surface area contributed by atoms with Crippen molar-refractivity contribution < 1.29 is 9.53 Å². The lowest BCUT2D eigenvalue weighted by atomic mass is 10.2. The number of ether oxygens (including phenoxy) is 1. The van der Waals surface area contributed by atoms with Crippen LogP contribution >= 0.6 is 0 Å². The molecule has 0 atom stereocenters. The van der Waals surface area contributed by atoms with E-state index in [1.165, 1.54) is 19.3 Å². The molecule has 0 bridgehead atoms. The van der Waals surface area contributed by atoms with Gasteiger partial charge in [-0.15, -0.1) is 10.2 Å². The summed E-state index contributed by atoms with van der Waals surface area (Å²) in [5.74, 6) is 2.78. The van der Waals surface area contributed by atoms with Gasteiger partial charge in [0.2, 0.25) is 0 Å². The standard InChI is InChI=1S/C19H26N4O2/c1-2-14-25-16-9-7-15(8-10-16)19(24)20-12-11-18-22-21-17-6-4-3-5-13-23(17)18/h7-10H,2-6,11-14H2,1H3,(H,20,24). The average Bonchev–Trinajstić information content (AvgIpc) is 2.87. The van der Waals surface area contributed by atoms with Gasteiger partial charge in [-0.05, 0) is 43.5 Å². The second kappa shape index (κ2) is 8.65. The second-order valence-electron chi connectivity index (χ2n) is 6.37. The summed E-state index contributed by atoms with van der Waals surface area (Å²) < 4.78 is 7.75. The molecule has 2 heterocycles. The number of hydrogen-bond donors (Lipinski definition) is 1. The van der Waals surface area contributed by atoms with Crippen LogP contribution in [0.2, 0.25) is 0 Å². The first-order valence-electron chi connectivity index (χ1n) is 9.20. The molecule has 0 saturated heterocycles. The first kappa shape index (κ1) is 17.5. The lowest BCUT2D eigenvalue weighted by molar-refractivity contribution is 0.0954. The number of fused-ring (bicyclic) bond motifs is 1. The van der Waals surface area contributed by atoms with Crippen LogP contribution in [0.3, 0.4) is 0 Å². The van der Waals surface area contributed by atoms with E-state index in [0.29, 0.717) is 25.1 Å². The van der Waals surface area contributed by atoms with E-state index in [1.54, 1.807) is 12.1 Å². The van der Waals surface area contributed by atoms with Gasteiger partial charge in [-0.1, -0.05) is 13.3 Å². The van der Waals surface area contributed by atoms with Crippen molar-refractivity contribution in [3.8, 4) is 5.75 Å². The molecule has 6 heteroatoms. The first-order valence-corrected chi connectivity index (χ1v) is 9.20. The van der Waals surface area contributed by atoms with Gasteiger partial charge in [0.15, 0.2) is 0 Å². The Kier molecular flexibility index (Phi) is 6.04. The molecule has 0 fully saturated rings. The molecule has 1 aliphatic heterocycles. The van der Waals surface area contributed by atoms with Crippen molar-refractivity contribution in [3.05, 3.63) is 41.5 Å². The van der Waals surface area contributed by atoms with Crippen LogP contribution in [-0.4, -0.2) is 33.8 Å². The van der Waals surface area contributed by atoms with E-state index >= 15 is 0 Å². The number of rotatable bonds is 7. The van der Waals surface area contributed by atoms with E-state index in [-0.39, 0.29) is 5.91 Å². The van der Waals surface area contributed by atoms with Crippen molar-refractivity contribution in [3.63, 3.8) is 0 Å². The number of hydrogen-bond acceptors (Lipinski definition) is 4. The molecule has 25 heavy (non-hydrogen) atoms. The second-order valence-corrected chi connectivity index (χ2v) is 6.37. The van der Waals surface area contributed by atoms with E-state index in [1.807, 2.05) is 12.1 Å². The number of aromatic nitrogens is 3. The average molecular weight is 342 g/mol. The minimum atomic E-state index is -0.0716. The number of benzene rings is 1. The monoisotopic (exact) mass is 342 g/mol. The number of carbonyl (C=O) groups excluding carboxylic acids is 1. The third-order valence-corrected chi connectivity index (χ3v) is 4.41. The summed E-state index contributed by atoms with van der Waals surface area (Å²) in [6, 6.07) is 7.26. The van der Waals surface area contributed by atoms with Gasteiger partial charge in [-0.3, -0.25) is 4.79 Å². The number of nitrogens with one attached hydrogen (secondary N) is 1. The Morgan fingerprint density at radius 3 is 2.84 bits per heavy atom. The number of aryl methyl sites for hydroxylation is 1. The lowest BCUT2D eigenvalue weighted by Crippen LogP contribution is -2.26. The quantitative estimate of drug-likeness (QED) is 0.840. The number of amides is 1. The van der Waals surface area contributed by atoms with Crippen LogP contribution in [0.4, 0.5) is 0 Å². The summed E-state index contributed by atoms with van der Waals surface area (Å²) in [6.07, 6.45) is 6.29. The normalized spacial score (nSPS) is 13.8. The summed E-state index contributed by atoms with van der Waals surface area (Å²) in [7, 11) is 0. The summed E-state index contributed by atoms with van der Waals surface area (Å²) in [5, 5.41) is 11.5. The molecule has 1 aliphatic rings. The van der Waals surface area contributed by atoms with Crippen molar-refractivity contribution in [1.29, 1.82) is 0 Å². The highest BCUT2D eigenvalue weighted by Gasteiger charge is 2.14. The maximum Gasteiger partial charge on any atom is 0.251 e. The predicted molar refractivity (Wildman–Crippen MR) is 95.8 cm³/mol. The molecule has 1 aromatic carbocycles. The van der Waals surface area contributed by atoms with E-state index in [9.17, 15) is 4.79 Å².